The lowest BCUT2D eigenvalue weighted by Crippen LogP contribution is -2.53. The monoisotopic (exact) mass is 397 g/mol. The molecule has 0 saturated heterocycles. The summed E-state index contributed by atoms with van der Waals surface area (Å²) >= 11 is 0. The van der Waals surface area contributed by atoms with Crippen molar-refractivity contribution in [2.75, 3.05) is 13.2 Å². The van der Waals surface area contributed by atoms with E-state index in [1.165, 1.54) is 12.1 Å². The molecular formula is C16H23N5O7. The smallest absolute Gasteiger partial charge is 0.326 e. The number of aliphatic imine (C=N–C) groups is 1. The first kappa shape index (κ1) is 22.5. The van der Waals surface area contributed by atoms with Crippen LogP contribution in [0.25, 0.3) is 0 Å². The summed E-state index contributed by atoms with van der Waals surface area (Å²) < 4.78 is 0. The molecule has 0 bridgehead atoms. The van der Waals surface area contributed by atoms with Crippen LogP contribution < -0.4 is 22.1 Å². The summed E-state index contributed by atoms with van der Waals surface area (Å²) in [6, 6.07) is 0.882. The second-order valence-electron chi connectivity index (χ2n) is 5.73. The van der Waals surface area contributed by atoms with Gasteiger partial charge in [-0.3, -0.25) is 14.6 Å². The number of aromatic hydroxyl groups is 2. The van der Waals surface area contributed by atoms with Crippen molar-refractivity contribution in [2.45, 2.75) is 24.9 Å². The largest absolute Gasteiger partial charge is 0.504 e. The molecule has 10 N–H and O–H groups in total. The van der Waals surface area contributed by atoms with Gasteiger partial charge in [0.25, 0.3) is 5.91 Å². The number of aliphatic hydroxyl groups excluding tert-OH is 1. The molecule has 0 fully saturated rings. The lowest BCUT2D eigenvalue weighted by atomic mass is 10.1. The zero-order valence-electron chi connectivity index (χ0n) is 14.8. The van der Waals surface area contributed by atoms with Gasteiger partial charge >= 0.3 is 5.97 Å². The second kappa shape index (κ2) is 10.6. The lowest BCUT2D eigenvalue weighted by molar-refractivity contribution is -0.142. The first-order chi connectivity index (χ1) is 13.2. The van der Waals surface area contributed by atoms with Gasteiger partial charge in [-0.2, -0.15) is 0 Å². The Balaban J connectivity index is 2.74. The Morgan fingerprint density at radius 3 is 2.36 bits per heavy atom. The van der Waals surface area contributed by atoms with Gasteiger partial charge in [-0.25, -0.2) is 4.79 Å². The average Bonchev–Trinajstić information content (AvgIpc) is 2.63. The van der Waals surface area contributed by atoms with E-state index in [2.05, 4.69) is 15.6 Å². The predicted octanol–water partition coefficient (Wildman–Crippen LogP) is -2.19. The molecule has 12 nitrogen and oxygen atoms in total. The number of guanidine groups is 1. The first-order valence-corrected chi connectivity index (χ1v) is 8.18. The molecule has 0 radical (unpaired) electrons. The number of phenolic OH excluding ortho intramolecular Hbond substituents is 2. The van der Waals surface area contributed by atoms with E-state index in [0.717, 1.165) is 6.07 Å². The van der Waals surface area contributed by atoms with Crippen molar-refractivity contribution in [3.8, 4) is 11.5 Å². The van der Waals surface area contributed by atoms with Crippen LogP contribution in [-0.4, -0.2) is 69.4 Å². The van der Waals surface area contributed by atoms with Crippen molar-refractivity contribution >= 4 is 23.7 Å². The minimum absolute atomic E-state index is 0.0112. The highest BCUT2D eigenvalue weighted by molar-refractivity contribution is 6.00. The summed E-state index contributed by atoms with van der Waals surface area (Å²) in [5.41, 5.74) is 10.0. The molecule has 0 heterocycles. The number of nitrogens with one attached hydrogen (secondary N) is 2. The number of carbonyl (C=O) groups is 3. The van der Waals surface area contributed by atoms with E-state index in [1.54, 1.807) is 0 Å². The molecule has 2 atom stereocenters. The van der Waals surface area contributed by atoms with Crippen LogP contribution in [0.2, 0.25) is 0 Å². The van der Waals surface area contributed by atoms with Crippen LogP contribution in [0.5, 0.6) is 11.5 Å². The fourth-order valence-corrected chi connectivity index (χ4v) is 2.18. The fraction of sp³-hybridized carbons (Fsp3) is 0.375. The molecular weight excluding hydrogens is 374 g/mol. The van der Waals surface area contributed by atoms with E-state index >= 15 is 0 Å². The number of amides is 2. The Kier molecular flexibility index (Phi) is 8.49. The van der Waals surface area contributed by atoms with Gasteiger partial charge in [0.2, 0.25) is 5.91 Å². The van der Waals surface area contributed by atoms with E-state index in [1.807, 2.05) is 0 Å². The lowest BCUT2D eigenvalue weighted by Gasteiger charge is -2.20. The number of aliphatic carboxylic acids is 1. The van der Waals surface area contributed by atoms with Gasteiger partial charge in [0.15, 0.2) is 17.5 Å². The van der Waals surface area contributed by atoms with E-state index < -0.39 is 48.0 Å². The Labute approximate surface area is 159 Å². The molecule has 28 heavy (non-hydrogen) atoms. The van der Waals surface area contributed by atoms with Crippen LogP contribution in [-0.2, 0) is 9.59 Å². The molecule has 12 heteroatoms. The van der Waals surface area contributed by atoms with E-state index in [4.69, 9.17) is 11.5 Å². The Morgan fingerprint density at radius 1 is 1.11 bits per heavy atom. The van der Waals surface area contributed by atoms with Crippen LogP contribution in [0.1, 0.15) is 23.2 Å². The summed E-state index contributed by atoms with van der Waals surface area (Å²) in [6.45, 7) is -0.656. The van der Waals surface area contributed by atoms with Crippen LogP contribution in [0.3, 0.4) is 0 Å². The van der Waals surface area contributed by atoms with Crippen LogP contribution in [0.4, 0.5) is 0 Å². The molecule has 1 rings (SSSR count). The highest BCUT2D eigenvalue weighted by atomic mass is 16.4. The summed E-state index contributed by atoms with van der Waals surface area (Å²) in [7, 11) is 0. The van der Waals surface area contributed by atoms with Gasteiger partial charge in [-0.15, -0.1) is 0 Å². The summed E-state index contributed by atoms with van der Waals surface area (Å²) in [5.74, 6) is -4.57. The quantitative estimate of drug-likeness (QED) is 0.0928. The van der Waals surface area contributed by atoms with E-state index in [-0.39, 0.29) is 30.9 Å². The van der Waals surface area contributed by atoms with Crippen LogP contribution in [0, 0.1) is 0 Å². The van der Waals surface area contributed by atoms with Crippen LogP contribution >= 0.6 is 0 Å². The van der Waals surface area contributed by atoms with Gasteiger partial charge in [0, 0.05) is 6.54 Å². The number of carboxylic acids is 1. The topological polar surface area (TPSA) is 221 Å². The average molecular weight is 397 g/mol. The number of carboxylic acid groups (broad SMARTS) is 1. The summed E-state index contributed by atoms with van der Waals surface area (Å²) in [6.07, 6.45) is 0.278. The number of rotatable bonds is 10. The van der Waals surface area contributed by atoms with Crippen LogP contribution in [0.15, 0.2) is 23.2 Å². The minimum Gasteiger partial charge on any atom is -0.504 e. The predicted molar refractivity (Wildman–Crippen MR) is 97.6 cm³/mol. The highest BCUT2D eigenvalue weighted by Crippen LogP contribution is 2.27. The molecule has 2 amide bonds. The number of phenols is 2. The van der Waals surface area contributed by atoms with Gasteiger partial charge in [0.05, 0.1) is 12.2 Å². The second-order valence-corrected chi connectivity index (χ2v) is 5.73. The van der Waals surface area contributed by atoms with Crippen molar-refractivity contribution in [2.24, 2.45) is 16.5 Å². The third-order valence-corrected chi connectivity index (χ3v) is 3.62. The van der Waals surface area contributed by atoms with Gasteiger partial charge in [0.1, 0.15) is 12.1 Å². The molecule has 0 aromatic heterocycles. The molecule has 0 aliphatic heterocycles. The maximum absolute atomic E-state index is 12.2. The molecule has 0 spiro atoms. The number of para-hydroxylation sites is 1. The minimum atomic E-state index is -1.48. The van der Waals surface area contributed by atoms with Crippen molar-refractivity contribution in [1.29, 1.82) is 0 Å². The van der Waals surface area contributed by atoms with Crippen molar-refractivity contribution in [1.82, 2.24) is 10.6 Å². The SMILES string of the molecule is NC(N)=NCCC[C@H](NC(=O)[C@@H](CO)NC(=O)c1cccc(O)c1O)C(=O)O. The van der Waals surface area contributed by atoms with E-state index in [9.17, 15) is 34.8 Å². The Hall–Kier alpha value is -3.54. The Bertz CT molecular complexity index is 749. The highest BCUT2D eigenvalue weighted by Gasteiger charge is 2.27. The maximum atomic E-state index is 12.2. The number of nitrogens with two attached hydrogens (primary N) is 2. The Morgan fingerprint density at radius 2 is 1.79 bits per heavy atom. The molecule has 0 saturated carbocycles. The van der Waals surface area contributed by atoms with Crippen molar-refractivity contribution in [3.63, 3.8) is 0 Å². The molecule has 1 aromatic carbocycles. The third kappa shape index (κ3) is 6.64. The molecule has 0 unspecified atom stereocenters. The normalized spacial score (nSPS) is 12.5. The number of aliphatic hydroxyl groups is 1. The number of hydrogen-bond donors (Lipinski definition) is 8. The standard InChI is InChI=1S/C16H23N5O7/c17-16(18)19-6-2-4-9(15(27)28)20-14(26)10(7-22)21-13(25)8-3-1-5-11(23)12(8)24/h1,3,5,9-10,22-24H,2,4,6-7H2,(H,20,26)(H,21,25)(H,27,28)(H4,17,18,19)/t9-,10+/m0/s1. The van der Waals surface area contributed by atoms with Crippen molar-refractivity contribution in [3.05, 3.63) is 23.8 Å². The molecule has 0 aliphatic carbocycles. The zero-order chi connectivity index (χ0) is 21.3. The van der Waals surface area contributed by atoms with Gasteiger partial charge in [-0.1, -0.05) is 6.07 Å². The molecule has 0 aliphatic rings. The molecule has 154 valence electrons. The number of benzene rings is 1. The zero-order valence-corrected chi connectivity index (χ0v) is 14.8. The third-order valence-electron chi connectivity index (χ3n) is 3.62. The summed E-state index contributed by atoms with van der Waals surface area (Å²) in [4.78, 5) is 39.4. The maximum Gasteiger partial charge on any atom is 0.326 e. The number of nitrogens with zero attached hydrogens (tertiary/aromatic N) is 1. The van der Waals surface area contributed by atoms with Gasteiger partial charge in [-0.05, 0) is 25.0 Å². The fourth-order valence-electron chi connectivity index (χ4n) is 2.18. The first-order valence-electron chi connectivity index (χ1n) is 8.18. The number of carbonyl (C=O) groups excluding carboxylic acids is 2. The van der Waals surface area contributed by atoms with Gasteiger partial charge < -0.3 is 42.5 Å². The van der Waals surface area contributed by atoms with E-state index in [0.29, 0.717) is 0 Å². The summed E-state index contributed by atoms with van der Waals surface area (Å²) in [5, 5.41) is 42.0. The number of hydrogen-bond acceptors (Lipinski definition) is 7. The van der Waals surface area contributed by atoms with Crippen molar-refractivity contribution < 1.29 is 34.8 Å². The molecule has 1 aromatic rings.